The summed E-state index contributed by atoms with van der Waals surface area (Å²) in [6.07, 6.45) is 4.26. The van der Waals surface area contributed by atoms with E-state index in [1.54, 1.807) is 0 Å². The molecule has 0 aliphatic rings. The van der Waals surface area contributed by atoms with Crippen LogP contribution in [0.4, 0.5) is 0 Å². The van der Waals surface area contributed by atoms with E-state index in [0.29, 0.717) is 7.92 Å². The second-order valence-corrected chi connectivity index (χ2v) is 5.61. The van der Waals surface area contributed by atoms with Crippen LogP contribution in [-0.2, 0) is 0 Å². The third kappa shape index (κ3) is 11.4. The minimum Gasteiger partial charge on any atom is -0.108 e. The Hall–Kier alpha value is 0.650. The van der Waals surface area contributed by atoms with Crippen LogP contribution in [0.3, 0.4) is 0 Å². The molecule has 0 N–H and O–H groups in total. The highest BCUT2D eigenvalue weighted by molar-refractivity contribution is 7.93. The lowest BCUT2D eigenvalue weighted by Crippen LogP contribution is -1.83. The minimum atomic E-state index is 0.446. The van der Waals surface area contributed by atoms with Gasteiger partial charge in [0.2, 0.25) is 0 Å². The van der Waals surface area contributed by atoms with Crippen molar-refractivity contribution in [3.63, 3.8) is 0 Å². The molecule has 0 bridgehead atoms. The lowest BCUT2D eigenvalue weighted by atomic mass is 10.9. The van der Waals surface area contributed by atoms with Gasteiger partial charge >= 0.3 is 0 Å². The average molecular weight is 194 g/mol. The first-order chi connectivity index (χ1) is 4.76. The molecule has 0 spiro atoms. The van der Waals surface area contributed by atoms with E-state index in [0.717, 1.165) is 0 Å². The van der Waals surface area contributed by atoms with E-state index in [1.807, 2.05) is 4.31 Å². The molecule has 3 heteroatoms. The molecular weight excluding hydrogens is 179 g/mol. The summed E-state index contributed by atoms with van der Waals surface area (Å²) in [4.78, 5) is 0. The molecule has 0 aliphatic carbocycles. The van der Waals surface area contributed by atoms with Gasteiger partial charge in [-0.15, -0.1) is 7.92 Å². The van der Waals surface area contributed by atoms with Gasteiger partial charge in [-0.2, -0.15) is 0 Å². The fraction of sp³-hybridized carbons (Fsp3) is 0.857. The molecule has 0 aromatic heterocycles. The molecule has 0 unspecified atom stereocenters. The number of hydrogen-bond donors (Lipinski definition) is 0. The largest absolute Gasteiger partial charge is 0.108 e. The van der Waals surface area contributed by atoms with Gasteiger partial charge in [0.05, 0.1) is 0 Å². The molecule has 0 aromatic carbocycles. The van der Waals surface area contributed by atoms with E-state index in [-0.39, 0.29) is 0 Å². The molecule has 0 saturated heterocycles. The zero-order valence-electron chi connectivity index (χ0n) is 6.89. The summed E-state index contributed by atoms with van der Waals surface area (Å²) in [7, 11) is 0.446. The van der Waals surface area contributed by atoms with Crippen molar-refractivity contribution in [2.75, 3.05) is 18.5 Å². The summed E-state index contributed by atoms with van der Waals surface area (Å²) in [6, 6.07) is 0. The average Bonchev–Trinajstić information content (AvgIpc) is 1.93. The molecule has 0 aromatic rings. The van der Waals surface area contributed by atoms with E-state index in [9.17, 15) is 0 Å². The highest BCUT2D eigenvalue weighted by atomic mass is 32.1. The lowest BCUT2D eigenvalue weighted by Gasteiger charge is -2.07. The van der Waals surface area contributed by atoms with Gasteiger partial charge in [-0.1, -0.05) is 20.8 Å². The fourth-order valence-electron chi connectivity index (χ4n) is 0.671. The highest BCUT2D eigenvalue weighted by Gasteiger charge is 1.94. The van der Waals surface area contributed by atoms with Gasteiger partial charge < -0.3 is 0 Å². The Morgan fingerprint density at radius 3 is 1.20 bits per heavy atom. The van der Waals surface area contributed by atoms with E-state index in [2.05, 4.69) is 45.2 Å². The summed E-state index contributed by atoms with van der Waals surface area (Å²) in [5.41, 5.74) is 0. The predicted molar refractivity (Wildman–Crippen MR) is 58.7 cm³/mol. The minimum absolute atomic E-state index is 0.446. The van der Waals surface area contributed by atoms with Crippen LogP contribution in [0, 0.1) is 0 Å². The Morgan fingerprint density at radius 1 is 1.00 bits per heavy atom. The van der Waals surface area contributed by atoms with Crippen LogP contribution in [0.5, 0.6) is 0 Å². The third-order valence-corrected chi connectivity index (χ3v) is 4.02. The molecule has 0 rings (SSSR count). The maximum atomic E-state index is 3.96. The van der Waals surface area contributed by atoms with Gasteiger partial charge in [0.25, 0.3) is 0 Å². The zero-order valence-corrected chi connectivity index (χ0v) is 9.41. The molecule has 0 radical (unpaired) electrons. The second kappa shape index (κ2) is 12.3. The van der Waals surface area contributed by atoms with Crippen molar-refractivity contribution in [3.8, 4) is 0 Å². The molecule has 0 fully saturated rings. The topological polar surface area (TPSA) is 0 Å². The zero-order chi connectivity index (χ0) is 8.41. The molecule has 10 heavy (non-hydrogen) atoms. The van der Waals surface area contributed by atoms with Gasteiger partial charge in [0.1, 0.15) is 0 Å². The summed E-state index contributed by atoms with van der Waals surface area (Å²) >= 11 is 7.92. The van der Waals surface area contributed by atoms with E-state index >= 15 is 0 Å². The Bertz CT molecular complexity index is 78.1. The van der Waals surface area contributed by atoms with Crippen molar-refractivity contribution in [1.82, 2.24) is 0 Å². The molecule has 60 valence electrons. The molecular formula is C7H15PS2. The first kappa shape index (κ1) is 13.3. The number of thiocarbonyl (C=S) groups is 2. The molecule has 0 atom stereocenters. The standard InChI is InChI=1S/C6H15P.CS2/c1-4-7(5-2)6-3;2-1-3/h4-6H2,1-3H3;. The van der Waals surface area contributed by atoms with Gasteiger partial charge in [0, 0.05) is 4.31 Å². The smallest absolute Gasteiger partial charge is 0.0297 e. The lowest BCUT2D eigenvalue weighted by molar-refractivity contribution is 1.35. The van der Waals surface area contributed by atoms with Gasteiger partial charge in [-0.3, -0.25) is 0 Å². The highest BCUT2D eigenvalue weighted by Crippen LogP contribution is 2.32. The van der Waals surface area contributed by atoms with Crippen LogP contribution in [0.1, 0.15) is 20.8 Å². The third-order valence-electron chi connectivity index (χ3n) is 1.34. The van der Waals surface area contributed by atoms with Crippen molar-refractivity contribution in [2.45, 2.75) is 20.8 Å². The van der Waals surface area contributed by atoms with Gasteiger partial charge in [-0.05, 0) is 42.9 Å². The summed E-state index contributed by atoms with van der Waals surface area (Å²) in [5.74, 6) is 0. The molecule has 0 saturated carbocycles. The van der Waals surface area contributed by atoms with Gasteiger partial charge in [-0.25, -0.2) is 0 Å². The maximum Gasteiger partial charge on any atom is 0.0297 e. The summed E-state index contributed by atoms with van der Waals surface area (Å²) in [5, 5.41) is 0. The number of hydrogen-bond acceptors (Lipinski definition) is 2. The molecule has 0 amide bonds. The first-order valence-corrected chi connectivity index (χ1v) is 6.19. The molecule has 0 heterocycles. The van der Waals surface area contributed by atoms with Crippen LogP contribution >= 0.6 is 32.4 Å². The van der Waals surface area contributed by atoms with Crippen LogP contribution in [0.15, 0.2) is 0 Å². The quantitative estimate of drug-likeness (QED) is 0.498. The summed E-state index contributed by atoms with van der Waals surface area (Å²) in [6.45, 7) is 6.87. The van der Waals surface area contributed by atoms with Gasteiger partial charge in [0.15, 0.2) is 0 Å². The van der Waals surface area contributed by atoms with Crippen molar-refractivity contribution < 1.29 is 0 Å². The Morgan fingerprint density at radius 2 is 1.20 bits per heavy atom. The van der Waals surface area contributed by atoms with Crippen molar-refractivity contribution in [1.29, 1.82) is 0 Å². The van der Waals surface area contributed by atoms with Crippen molar-refractivity contribution in [3.05, 3.63) is 0 Å². The van der Waals surface area contributed by atoms with Crippen LogP contribution < -0.4 is 0 Å². The predicted octanol–water partition coefficient (Wildman–Crippen LogP) is 3.55. The van der Waals surface area contributed by atoms with Crippen LogP contribution in [0.2, 0.25) is 0 Å². The Labute approximate surface area is 76.2 Å². The molecule has 0 nitrogen and oxygen atoms in total. The SMILES string of the molecule is CCP(CC)CC.S=C=S. The maximum absolute atomic E-state index is 3.96. The van der Waals surface area contributed by atoms with Crippen LogP contribution in [-0.4, -0.2) is 22.8 Å². The van der Waals surface area contributed by atoms with E-state index in [4.69, 9.17) is 0 Å². The fourth-order valence-corrected chi connectivity index (χ4v) is 2.01. The van der Waals surface area contributed by atoms with Crippen molar-refractivity contribution in [2.24, 2.45) is 0 Å². The van der Waals surface area contributed by atoms with Crippen LogP contribution in [0.25, 0.3) is 0 Å². The first-order valence-electron chi connectivity index (χ1n) is 3.48. The number of rotatable bonds is 3. The van der Waals surface area contributed by atoms with E-state index in [1.165, 1.54) is 18.5 Å². The summed E-state index contributed by atoms with van der Waals surface area (Å²) < 4.78 is 1.92. The second-order valence-electron chi connectivity index (χ2n) is 1.70. The van der Waals surface area contributed by atoms with E-state index < -0.39 is 0 Å². The monoisotopic (exact) mass is 194 g/mol. The normalized spacial score (nSPS) is 8.00. The Kier molecular flexibility index (Phi) is 16.4. The Balaban J connectivity index is 0. The van der Waals surface area contributed by atoms with Crippen molar-refractivity contribution >= 4 is 36.7 Å². The molecule has 0 aliphatic heterocycles.